The first kappa shape index (κ1) is 16.2. The van der Waals surface area contributed by atoms with Crippen molar-refractivity contribution < 1.29 is 18.0 Å². The monoisotopic (exact) mass is 254 g/mol. The lowest BCUT2D eigenvalue weighted by atomic mass is 10.2. The van der Waals surface area contributed by atoms with Crippen molar-refractivity contribution in [1.29, 1.82) is 0 Å². The molecule has 1 N–H and O–H groups in total. The number of hydrogen-bond donors (Lipinski definition) is 1. The summed E-state index contributed by atoms with van der Waals surface area (Å²) in [6, 6.07) is 0. The highest BCUT2D eigenvalue weighted by Crippen LogP contribution is 2.17. The second kappa shape index (κ2) is 7.53. The van der Waals surface area contributed by atoms with Gasteiger partial charge in [-0.25, -0.2) is 0 Å². The van der Waals surface area contributed by atoms with E-state index < -0.39 is 18.6 Å². The molecule has 0 fully saturated rings. The van der Waals surface area contributed by atoms with Crippen molar-refractivity contribution in [2.45, 2.75) is 33.4 Å². The zero-order chi connectivity index (χ0) is 13.5. The Bertz CT molecular complexity index is 229. The molecular weight excluding hydrogens is 233 g/mol. The minimum Gasteiger partial charge on any atom is -0.332 e. The van der Waals surface area contributed by atoms with Crippen LogP contribution in [-0.2, 0) is 4.79 Å². The molecule has 6 heteroatoms. The molecule has 0 aromatic rings. The Morgan fingerprint density at radius 1 is 1.35 bits per heavy atom. The Kier molecular flexibility index (Phi) is 7.18. The van der Waals surface area contributed by atoms with Crippen molar-refractivity contribution in [1.82, 2.24) is 10.2 Å². The van der Waals surface area contributed by atoms with Gasteiger partial charge in [0.25, 0.3) is 0 Å². The zero-order valence-electron chi connectivity index (χ0n) is 10.6. The first-order chi connectivity index (χ1) is 7.76. The summed E-state index contributed by atoms with van der Waals surface area (Å²) in [6.45, 7) is 5.07. The number of carbonyl (C=O) groups is 1. The van der Waals surface area contributed by atoms with Gasteiger partial charge in [-0.15, -0.1) is 0 Å². The molecule has 0 heterocycles. The Balaban J connectivity index is 4.30. The molecule has 17 heavy (non-hydrogen) atoms. The van der Waals surface area contributed by atoms with Crippen LogP contribution in [0.25, 0.3) is 0 Å². The lowest BCUT2D eigenvalue weighted by molar-refractivity contribution is -0.161. The highest BCUT2D eigenvalue weighted by atomic mass is 19.4. The van der Waals surface area contributed by atoms with Crippen LogP contribution in [0.2, 0.25) is 0 Å². The Morgan fingerprint density at radius 3 is 2.35 bits per heavy atom. The van der Waals surface area contributed by atoms with Gasteiger partial charge in [-0.3, -0.25) is 4.79 Å². The van der Waals surface area contributed by atoms with Crippen molar-refractivity contribution in [2.24, 2.45) is 5.92 Å². The lowest BCUT2D eigenvalue weighted by Crippen LogP contribution is -2.45. The summed E-state index contributed by atoms with van der Waals surface area (Å²) in [7, 11) is 0. The van der Waals surface area contributed by atoms with Crippen molar-refractivity contribution in [3.63, 3.8) is 0 Å². The summed E-state index contributed by atoms with van der Waals surface area (Å²) in [5, 5.41) is 2.82. The second-order valence-corrected chi connectivity index (χ2v) is 4.46. The molecule has 3 nitrogen and oxygen atoms in total. The second-order valence-electron chi connectivity index (χ2n) is 4.46. The molecule has 0 saturated carbocycles. The van der Waals surface area contributed by atoms with Crippen molar-refractivity contribution in [3.8, 4) is 0 Å². The first-order valence-corrected chi connectivity index (χ1v) is 5.81. The number of halogens is 3. The Hall–Kier alpha value is -0.780. The van der Waals surface area contributed by atoms with E-state index in [4.69, 9.17) is 0 Å². The first-order valence-electron chi connectivity index (χ1n) is 5.81. The van der Waals surface area contributed by atoms with Gasteiger partial charge in [0, 0.05) is 6.54 Å². The Labute approximate surface area is 100 Å². The number of alkyl halides is 3. The summed E-state index contributed by atoms with van der Waals surface area (Å²) in [6.07, 6.45) is -3.49. The van der Waals surface area contributed by atoms with E-state index in [0.717, 1.165) is 11.3 Å². The third-order valence-corrected chi connectivity index (χ3v) is 2.01. The maximum Gasteiger partial charge on any atom is 0.406 e. The van der Waals surface area contributed by atoms with E-state index in [-0.39, 0.29) is 19.0 Å². The van der Waals surface area contributed by atoms with Crippen molar-refractivity contribution >= 4 is 5.91 Å². The van der Waals surface area contributed by atoms with E-state index in [0.29, 0.717) is 6.54 Å². The number of nitrogens with zero attached hydrogens (tertiary/aromatic N) is 1. The summed E-state index contributed by atoms with van der Waals surface area (Å²) < 4.78 is 36.9. The third kappa shape index (κ3) is 8.97. The molecule has 0 aliphatic rings. The van der Waals surface area contributed by atoms with Crippen LogP contribution in [0.4, 0.5) is 13.2 Å². The maximum atomic E-state index is 12.3. The van der Waals surface area contributed by atoms with Gasteiger partial charge in [-0.2, -0.15) is 13.2 Å². The highest BCUT2D eigenvalue weighted by Gasteiger charge is 2.32. The molecule has 0 rings (SSSR count). The minimum absolute atomic E-state index is 0.0208. The summed E-state index contributed by atoms with van der Waals surface area (Å²) in [5.74, 6) is -0.475. The molecule has 102 valence electrons. The third-order valence-electron chi connectivity index (χ3n) is 2.01. The molecule has 0 bridgehead atoms. The van der Waals surface area contributed by atoms with Gasteiger partial charge < -0.3 is 10.2 Å². The van der Waals surface area contributed by atoms with Crippen LogP contribution in [0.3, 0.4) is 0 Å². The van der Waals surface area contributed by atoms with Crippen LogP contribution in [0, 0.1) is 5.92 Å². The SMILES string of the molecule is CCCNCC(=O)N(CC(C)C)CC(F)(F)F. The van der Waals surface area contributed by atoms with Crippen LogP contribution < -0.4 is 5.32 Å². The minimum atomic E-state index is -4.34. The van der Waals surface area contributed by atoms with Crippen LogP contribution >= 0.6 is 0 Å². The van der Waals surface area contributed by atoms with Crippen LogP contribution in [0.15, 0.2) is 0 Å². The molecule has 0 saturated heterocycles. The number of hydrogen-bond acceptors (Lipinski definition) is 2. The molecule has 0 aromatic heterocycles. The Morgan fingerprint density at radius 2 is 1.94 bits per heavy atom. The van der Waals surface area contributed by atoms with Gasteiger partial charge >= 0.3 is 6.18 Å². The molecule has 0 atom stereocenters. The molecule has 0 aliphatic heterocycles. The van der Waals surface area contributed by atoms with Gasteiger partial charge in [-0.1, -0.05) is 20.8 Å². The average molecular weight is 254 g/mol. The fourth-order valence-corrected chi connectivity index (χ4v) is 1.40. The predicted molar refractivity (Wildman–Crippen MR) is 60.6 cm³/mol. The standard InChI is InChI=1S/C11H21F3N2O/c1-4-5-15-6-10(17)16(7-9(2)3)8-11(12,13)14/h9,15H,4-8H2,1-3H3. The van der Waals surface area contributed by atoms with Crippen molar-refractivity contribution in [3.05, 3.63) is 0 Å². The van der Waals surface area contributed by atoms with E-state index >= 15 is 0 Å². The summed E-state index contributed by atoms with van der Waals surface area (Å²) >= 11 is 0. The summed E-state index contributed by atoms with van der Waals surface area (Å²) in [4.78, 5) is 12.5. The van der Waals surface area contributed by atoms with Crippen molar-refractivity contribution in [2.75, 3.05) is 26.2 Å². The molecule has 0 unspecified atom stereocenters. The molecule has 0 radical (unpaired) electrons. The molecule has 0 aliphatic carbocycles. The summed E-state index contributed by atoms with van der Waals surface area (Å²) in [5.41, 5.74) is 0. The quantitative estimate of drug-likeness (QED) is 0.705. The highest BCUT2D eigenvalue weighted by molar-refractivity contribution is 5.78. The molecule has 0 spiro atoms. The van der Waals surface area contributed by atoms with E-state index in [9.17, 15) is 18.0 Å². The van der Waals surface area contributed by atoms with Gasteiger partial charge in [0.1, 0.15) is 6.54 Å². The molecular formula is C11H21F3N2O. The van der Waals surface area contributed by atoms with Gasteiger partial charge in [0.2, 0.25) is 5.91 Å². The van der Waals surface area contributed by atoms with E-state index in [2.05, 4.69) is 5.32 Å². The fraction of sp³-hybridized carbons (Fsp3) is 0.909. The maximum absolute atomic E-state index is 12.3. The smallest absolute Gasteiger partial charge is 0.332 e. The number of carbonyl (C=O) groups excluding carboxylic acids is 1. The van der Waals surface area contributed by atoms with Crippen LogP contribution in [-0.4, -0.2) is 43.2 Å². The number of amides is 1. The van der Waals surface area contributed by atoms with Gasteiger partial charge in [0.15, 0.2) is 0 Å². The predicted octanol–water partition coefficient (Wildman–Crippen LogP) is 2.03. The lowest BCUT2D eigenvalue weighted by Gasteiger charge is -2.25. The molecule has 1 amide bonds. The number of nitrogens with one attached hydrogen (secondary N) is 1. The van der Waals surface area contributed by atoms with Gasteiger partial charge in [0.05, 0.1) is 6.54 Å². The molecule has 0 aromatic carbocycles. The number of rotatable bonds is 7. The van der Waals surface area contributed by atoms with E-state index in [1.54, 1.807) is 13.8 Å². The van der Waals surface area contributed by atoms with Gasteiger partial charge in [-0.05, 0) is 18.9 Å². The topological polar surface area (TPSA) is 32.3 Å². The van der Waals surface area contributed by atoms with E-state index in [1.165, 1.54) is 0 Å². The fourth-order valence-electron chi connectivity index (χ4n) is 1.40. The normalized spacial score (nSPS) is 11.9. The van der Waals surface area contributed by atoms with Crippen LogP contribution in [0.1, 0.15) is 27.2 Å². The van der Waals surface area contributed by atoms with Crippen LogP contribution in [0.5, 0.6) is 0 Å². The largest absolute Gasteiger partial charge is 0.406 e. The average Bonchev–Trinajstić information content (AvgIpc) is 2.14. The zero-order valence-corrected chi connectivity index (χ0v) is 10.6. The van der Waals surface area contributed by atoms with E-state index in [1.807, 2.05) is 6.92 Å².